The fraction of sp³-hybridized carbons (Fsp3) is 0.500. The second-order valence-electron chi connectivity index (χ2n) is 4.71. The van der Waals surface area contributed by atoms with E-state index in [9.17, 15) is 9.90 Å². The van der Waals surface area contributed by atoms with Crippen LogP contribution < -0.4 is 0 Å². The van der Waals surface area contributed by atoms with Gasteiger partial charge in [-0.2, -0.15) is 0 Å². The topological polar surface area (TPSA) is 37.3 Å². The maximum absolute atomic E-state index is 11.3. The van der Waals surface area contributed by atoms with Crippen LogP contribution in [0.5, 0.6) is 0 Å². The van der Waals surface area contributed by atoms with Crippen LogP contribution in [0.3, 0.4) is 0 Å². The molecule has 2 atom stereocenters. The monoisotopic (exact) mass is 296 g/mol. The van der Waals surface area contributed by atoms with E-state index in [-0.39, 0.29) is 11.8 Å². The lowest BCUT2D eigenvalue weighted by atomic mass is 9.75. The molecule has 1 saturated carbocycles. The van der Waals surface area contributed by atoms with Crippen molar-refractivity contribution in [2.75, 3.05) is 0 Å². The van der Waals surface area contributed by atoms with Crippen molar-refractivity contribution in [3.8, 4) is 0 Å². The molecule has 0 unspecified atom stereocenters. The Morgan fingerprint density at radius 2 is 2.12 bits per heavy atom. The van der Waals surface area contributed by atoms with E-state index in [1.807, 2.05) is 6.07 Å². The minimum absolute atomic E-state index is 0.195. The van der Waals surface area contributed by atoms with Gasteiger partial charge in [0, 0.05) is 5.33 Å². The van der Waals surface area contributed by atoms with Gasteiger partial charge in [-0.15, -0.1) is 0 Å². The fourth-order valence-corrected chi connectivity index (χ4v) is 3.08. The van der Waals surface area contributed by atoms with Crippen LogP contribution in [0.2, 0.25) is 0 Å². The van der Waals surface area contributed by atoms with Crippen LogP contribution in [0.15, 0.2) is 24.3 Å². The van der Waals surface area contributed by atoms with E-state index in [2.05, 4.69) is 34.1 Å². The molecule has 2 rings (SSSR count). The van der Waals surface area contributed by atoms with E-state index in [1.165, 1.54) is 11.1 Å². The molecule has 0 spiro atoms. The van der Waals surface area contributed by atoms with Crippen molar-refractivity contribution in [3.63, 3.8) is 0 Å². The molecule has 0 saturated heterocycles. The molecular weight excluding hydrogens is 280 g/mol. The lowest BCUT2D eigenvalue weighted by Gasteiger charge is -2.29. The number of carboxylic acid groups (broad SMARTS) is 1. The van der Waals surface area contributed by atoms with E-state index >= 15 is 0 Å². The summed E-state index contributed by atoms with van der Waals surface area (Å²) in [6.07, 6.45) is 4.01. The number of rotatable bonds is 3. The van der Waals surface area contributed by atoms with Crippen LogP contribution >= 0.6 is 15.9 Å². The van der Waals surface area contributed by atoms with Crippen LogP contribution in [0.4, 0.5) is 0 Å². The minimum Gasteiger partial charge on any atom is -0.481 e. The molecule has 0 radical (unpaired) electrons. The summed E-state index contributed by atoms with van der Waals surface area (Å²) < 4.78 is 0. The smallest absolute Gasteiger partial charge is 0.307 e. The van der Waals surface area contributed by atoms with E-state index in [0.717, 1.165) is 31.0 Å². The van der Waals surface area contributed by atoms with Gasteiger partial charge in [-0.25, -0.2) is 0 Å². The lowest BCUT2D eigenvalue weighted by molar-refractivity contribution is -0.143. The molecule has 1 fully saturated rings. The molecule has 0 aromatic heterocycles. The van der Waals surface area contributed by atoms with Crippen molar-refractivity contribution in [2.24, 2.45) is 5.92 Å². The molecule has 0 heterocycles. The van der Waals surface area contributed by atoms with E-state index in [0.29, 0.717) is 0 Å². The van der Waals surface area contributed by atoms with Gasteiger partial charge in [0.15, 0.2) is 0 Å². The quantitative estimate of drug-likeness (QED) is 0.858. The van der Waals surface area contributed by atoms with E-state index in [1.54, 1.807) is 0 Å². The van der Waals surface area contributed by atoms with Crippen molar-refractivity contribution in [1.29, 1.82) is 0 Å². The number of alkyl halides is 1. The zero-order valence-electron chi connectivity index (χ0n) is 9.73. The third kappa shape index (κ3) is 2.89. The molecule has 92 valence electrons. The number of carboxylic acids is 1. The van der Waals surface area contributed by atoms with Crippen molar-refractivity contribution in [2.45, 2.75) is 36.9 Å². The molecule has 3 heteroatoms. The maximum atomic E-state index is 11.3. The predicted molar refractivity (Wildman–Crippen MR) is 71.4 cm³/mol. The van der Waals surface area contributed by atoms with E-state index in [4.69, 9.17) is 0 Å². The van der Waals surface area contributed by atoms with Crippen molar-refractivity contribution in [1.82, 2.24) is 0 Å². The predicted octanol–water partition coefficient (Wildman–Crippen LogP) is 3.94. The van der Waals surface area contributed by atoms with Gasteiger partial charge in [0.2, 0.25) is 0 Å². The first-order chi connectivity index (χ1) is 8.22. The Morgan fingerprint density at radius 3 is 2.82 bits per heavy atom. The summed E-state index contributed by atoms with van der Waals surface area (Å²) in [6, 6.07) is 8.30. The van der Waals surface area contributed by atoms with Crippen molar-refractivity contribution in [3.05, 3.63) is 35.4 Å². The standard InChI is InChI=1S/C14H17BrO2/c15-9-10-4-3-5-11(8-10)12-6-1-2-7-13(12)14(16)17/h3-5,8,12-13H,1-2,6-7,9H2,(H,16,17)/t12-,13-/m0/s1. The number of aliphatic carboxylic acids is 1. The Bertz CT molecular complexity index is 403. The highest BCUT2D eigenvalue weighted by molar-refractivity contribution is 9.08. The molecule has 1 aromatic rings. The molecule has 17 heavy (non-hydrogen) atoms. The number of hydrogen-bond donors (Lipinski definition) is 1. The number of halogens is 1. The zero-order valence-corrected chi connectivity index (χ0v) is 11.3. The SMILES string of the molecule is O=C(O)[C@H]1CCCC[C@H]1c1cccc(CBr)c1. The Labute approximate surface area is 110 Å². The number of benzene rings is 1. The highest BCUT2D eigenvalue weighted by Crippen LogP contribution is 2.38. The van der Waals surface area contributed by atoms with Crippen LogP contribution in [-0.2, 0) is 10.1 Å². The number of hydrogen-bond acceptors (Lipinski definition) is 1. The maximum Gasteiger partial charge on any atom is 0.307 e. The van der Waals surface area contributed by atoms with Crippen LogP contribution in [0.25, 0.3) is 0 Å². The van der Waals surface area contributed by atoms with Gasteiger partial charge in [-0.3, -0.25) is 4.79 Å². The summed E-state index contributed by atoms with van der Waals surface area (Å²) in [4.78, 5) is 11.3. The Kier molecular flexibility index (Phi) is 4.21. The van der Waals surface area contributed by atoms with Gasteiger partial charge in [-0.05, 0) is 29.9 Å². The Hall–Kier alpha value is -0.830. The molecule has 1 aliphatic carbocycles. The summed E-state index contributed by atoms with van der Waals surface area (Å²) >= 11 is 3.44. The highest BCUT2D eigenvalue weighted by Gasteiger charge is 2.31. The van der Waals surface area contributed by atoms with Gasteiger partial charge in [-0.1, -0.05) is 53.0 Å². The molecular formula is C14H17BrO2. The van der Waals surface area contributed by atoms with Crippen LogP contribution in [-0.4, -0.2) is 11.1 Å². The summed E-state index contributed by atoms with van der Waals surface area (Å²) in [5.74, 6) is -0.645. The van der Waals surface area contributed by atoms with Crippen molar-refractivity contribution >= 4 is 21.9 Å². The summed E-state index contributed by atoms with van der Waals surface area (Å²) in [6.45, 7) is 0. The highest BCUT2D eigenvalue weighted by atomic mass is 79.9. The Balaban J connectivity index is 2.26. The number of carbonyl (C=O) groups is 1. The molecule has 1 aliphatic rings. The van der Waals surface area contributed by atoms with Gasteiger partial charge in [0.1, 0.15) is 0 Å². The first-order valence-corrected chi connectivity index (χ1v) is 7.22. The third-order valence-corrected chi connectivity index (χ3v) is 4.26. The molecule has 0 aliphatic heterocycles. The molecule has 0 amide bonds. The van der Waals surface area contributed by atoms with Gasteiger partial charge >= 0.3 is 5.97 Å². The van der Waals surface area contributed by atoms with Gasteiger partial charge in [0.05, 0.1) is 5.92 Å². The van der Waals surface area contributed by atoms with Crippen LogP contribution in [0, 0.1) is 5.92 Å². The Morgan fingerprint density at radius 1 is 1.35 bits per heavy atom. The minimum atomic E-state index is -0.640. The summed E-state index contributed by atoms with van der Waals surface area (Å²) in [5, 5.41) is 10.1. The summed E-state index contributed by atoms with van der Waals surface area (Å²) in [5.41, 5.74) is 2.41. The average molecular weight is 297 g/mol. The third-order valence-electron chi connectivity index (χ3n) is 3.62. The lowest BCUT2D eigenvalue weighted by Crippen LogP contribution is -2.25. The average Bonchev–Trinajstić information content (AvgIpc) is 2.39. The molecule has 1 aromatic carbocycles. The first-order valence-electron chi connectivity index (χ1n) is 6.10. The summed E-state index contributed by atoms with van der Waals surface area (Å²) in [7, 11) is 0. The van der Waals surface area contributed by atoms with Crippen molar-refractivity contribution < 1.29 is 9.90 Å². The largest absolute Gasteiger partial charge is 0.481 e. The first kappa shape index (κ1) is 12.6. The second-order valence-corrected chi connectivity index (χ2v) is 5.28. The normalized spacial score (nSPS) is 24.5. The van der Waals surface area contributed by atoms with Gasteiger partial charge in [0.25, 0.3) is 0 Å². The fourth-order valence-electron chi connectivity index (χ4n) is 2.73. The second kappa shape index (κ2) is 5.67. The molecule has 1 N–H and O–H groups in total. The molecule has 0 bridgehead atoms. The zero-order chi connectivity index (χ0) is 12.3. The molecule has 2 nitrogen and oxygen atoms in total. The van der Waals surface area contributed by atoms with Crippen LogP contribution in [0.1, 0.15) is 42.7 Å². The van der Waals surface area contributed by atoms with E-state index < -0.39 is 5.97 Å². The van der Waals surface area contributed by atoms with Gasteiger partial charge < -0.3 is 5.11 Å².